The number of furan rings is 1. The van der Waals surface area contributed by atoms with Gasteiger partial charge in [0.2, 0.25) is 0 Å². The van der Waals surface area contributed by atoms with Gasteiger partial charge in [-0.1, -0.05) is 6.07 Å². The van der Waals surface area contributed by atoms with Crippen molar-refractivity contribution >= 4 is 5.91 Å². The largest absolute Gasteiger partial charge is 0.456 e. The average Bonchev–Trinajstić information content (AvgIpc) is 2.84. The molecule has 0 spiro atoms. The fourth-order valence-corrected chi connectivity index (χ4v) is 3.04. The van der Waals surface area contributed by atoms with Crippen LogP contribution < -0.4 is 5.32 Å². The van der Waals surface area contributed by atoms with E-state index >= 15 is 0 Å². The van der Waals surface area contributed by atoms with Crippen LogP contribution in [0.4, 0.5) is 0 Å². The molecule has 0 saturated carbocycles. The lowest BCUT2D eigenvalue weighted by Crippen LogP contribution is -2.40. The highest BCUT2D eigenvalue weighted by Crippen LogP contribution is 2.20. The molecule has 5 heteroatoms. The first-order chi connectivity index (χ1) is 11.2. The summed E-state index contributed by atoms with van der Waals surface area (Å²) in [6.45, 7) is 4.33. The van der Waals surface area contributed by atoms with Gasteiger partial charge in [-0.25, -0.2) is 0 Å². The summed E-state index contributed by atoms with van der Waals surface area (Å²) >= 11 is 0. The third-order valence-electron chi connectivity index (χ3n) is 4.26. The Bertz CT molecular complexity index is 631. The predicted octanol–water partition coefficient (Wildman–Crippen LogP) is 2.77. The molecule has 1 aliphatic rings. The first-order valence-electron chi connectivity index (χ1n) is 8.22. The number of aryl methyl sites for hydroxylation is 1. The van der Waals surface area contributed by atoms with Gasteiger partial charge in [-0.05, 0) is 63.5 Å². The molecule has 122 valence electrons. The van der Waals surface area contributed by atoms with Crippen LogP contribution in [0.15, 0.2) is 40.9 Å². The summed E-state index contributed by atoms with van der Waals surface area (Å²) in [6.07, 6.45) is 4.81. The van der Waals surface area contributed by atoms with Crippen molar-refractivity contribution < 1.29 is 9.21 Å². The van der Waals surface area contributed by atoms with Crippen LogP contribution in [0, 0.1) is 6.92 Å². The molecule has 0 bridgehead atoms. The maximum Gasteiger partial charge on any atom is 0.290 e. The molecule has 1 saturated heterocycles. The van der Waals surface area contributed by atoms with Crippen LogP contribution in [0.2, 0.25) is 0 Å². The van der Waals surface area contributed by atoms with Crippen LogP contribution in [0.1, 0.15) is 41.3 Å². The number of nitrogens with zero attached hydrogens (tertiary/aromatic N) is 2. The maximum absolute atomic E-state index is 13.0. The fraction of sp³-hybridized carbons (Fsp3) is 0.444. The van der Waals surface area contributed by atoms with Crippen LogP contribution >= 0.6 is 0 Å². The second-order valence-corrected chi connectivity index (χ2v) is 6.00. The van der Waals surface area contributed by atoms with Crippen molar-refractivity contribution in [3.63, 3.8) is 0 Å². The highest BCUT2D eigenvalue weighted by atomic mass is 16.3. The van der Waals surface area contributed by atoms with E-state index in [1.807, 2.05) is 36.1 Å². The molecule has 2 aromatic rings. The minimum Gasteiger partial charge on any atom is -0.456 e. The molecule has 1 fully saturated rings. The van der Waals surface area contributed by atoms with Gasteiger partial charge in [-0.2, -0.15) is 0 Å². The summed E-state index contributed by atoms with van der Waals surface area (Å²) in [6, 6.07) is 9.61. The maximum atomic E-state index is 13.0. The highest BCUT2D eigenvalue weighted by Gasteiger charge is 2.27. The Balaban J connectivity index is 1.84. The Morgan fingerprint density at radius 3 is 2.96 bits per heavy atom. The Morgan fingerprint density at radius 2 is 2.22 bits per heavy atom. The predicted molar refractivity (Wildman–Crippen MR) is 88.1 cm³/mol. The van der Waals surface area contributed by atoms with Crippen LogP contribution in [0.25, 0.3) is 0 Å². The number of amides is 1. The number of carbonyl (C=O) groups is 1. The lowest BCUT2D eigenvalue weighted by atomic mass is 10.1. The highest BCUT2D eigenvalue weighted by molar-refractivity contribution is 5.91. The molecular weight excluding hydrogens is 290 g/mol. The second kappa shape index (κ2) is 7.42. The molecule has 3 rings (SSSR count). The van der Waals surface area contributed by atoms with Gasteiger partial charge in [0, 0.05) is 12.2 Å². The van der Waals surface area contributed by atoms with Gasteiger partial charge >= 0.3 is 0 Å². The first-order valence-corrected chi connectivity index (χ1v) is 8.22. The third-order valence-corrected chi connectivity index (χ3v) is 4.26. The number of hydrogen-bond acceptors (Lipinski definition) is 4. The molecule has 1 atom stereocenters. The summed E-state index contributed by atoms with van der Waals surface area (Å²) in [5.74, 6) is 1.12. The summed E-state index contributed by atoms with van der Waals surface area (Å²) in [5.41, 5.74) is 0.904. The smallest absolute Gasteiger partial charge is 0.290 e. The van der Waals surface area contributed by atoms with Gasteiger partial charge < -0.3 is 14.6 Å². The van der Waals surface area contributed by atoms with E-state index in [0.717, 1.165) is 43.8 Å². The van der Waals surface area contributed by atoms with Crippen LogP contribution in [-0.2, 0) is 6.54 Å². The molecule has 1 aliphatic heterocycles. The molecule has 1 N–H and O–H groups in total. The number of carbonyl (C=O) groups excluding carboxylic acids is 1. The zero-order valence-electron chi connectivity index (χ0n) is 13.5. The Labute approximate surface area is 136 Å². The van der Waals surface area contributed by atoms with E-state index in [2.05, 4.69) is 10.3 Å². The monoisotopic (exact) mass is 313 g/mol. The minimum absolute atomic E-state index is 0.0457. The Hall–Kier alpha value is -2.14. The van der Waals surface area contributed by atoms with E-state index in [4.69, 9.17) is 4.42 Å². The minimum atomic E-state index is -0.0457. The normalized spacial score (nSPS) is 18.4. The molecule has 0 aliphatic carbocycles. The number of pyridine rings is 1. The van der Waals surface area contributed by atoms with Crippen LogP contribution in [0.3, 0.4) is 0 Å². The van der Waals surface area contributed by atoms with E-state index in [0.29, 0.717) is 12.3 Å². The fourth-order valence-electron chi connectivity index (χ4n) is 3.04. The zero-order chi connectivity index (χ0) is 16.1. The van der Waals surface area contributed by atoms with Gasteiger partial charge in [-0.3, -0.25) is 9.78 Å². The van der Waals surface area contributed by atoms with Crippen molar-refractivity contribution in [3.05, 3.63) is 53.7 Å². The standard InChI is InChI=1S/C18H23N3O2/c1-14-7-8-17(23-14)18(22)21(13-15-5-2-3-11-20-15)16-6-4-10-19-12-9-16/h2-3,5,7-8,11,16,19H,4,6,9-10,12-13H2,1H3. The quantitative estimate of drug-likeness (QED) is 0.943. The number of nitrogens with one attached hydrogen (secondary N) is 1. The van der Waals surface area contributed by atoms with Crippen molar-refractivity contribution in [1.29, 1.82) is 0 Å². The Kier molecular flexibility index (Phi) is 5.08. The molecule has 0 aromatic carbocycles. The van der Waals surface area contributed by atoms with Crippen molar-refractivity contribution in [2.45, 2.75) is 38.8 Å². The lowest BCUT2D eigenvalue weighted by Gasteiger charge is -2.30. The first kappa shape index (κ1) is 15.7. The SMILES string of the molecule is Cc1ccc(C(=O)N(Cc2ccccn2)C2CCCNCC2)o1. The van der Waals surface area contributed by atoms with Gasteiger partial charge in [0.25, 0.3) is 5.91 Å². The molecular formula is C18H23N3O2. The van der Waals surface area contributed by atoms with Gasteiger partial charge in [0.05, 0.1) is 12.2 Å². The average molecular weight is 313 g/mol. The number of rotatable bonds is 4. The number of aromatic nitrogens is 1. The molecule has 23 heavy (non-hydrogen) atoms. The van der Waals surface area contributed by atoms with E-state index in [1.54, 1.807) is 12.3 Å². The Morgan fingerprint density at radius 1 is 1.30 bits per heavy atom. The molecule has 1 unspecified atom stereocenters. The van der Waals surface area contributed by atoms with Crippen LogP contribution in [0.5, 0.6) is 0 Å². The van der Waals surface area contributed by atoms with Gasteiger partial charge in [0.15, 0.2) is 5.76 Å². The topological polar surface area (TPSA) is 58.4 Å². The zero-order valence-corrected chi connectivity index (χ0v) is 13.5. The van der Waals surface area contributed by atoms with Crippen molar-refractivity contribution in [1.82, 2.24) is 15.2 Å². The molecule has 3 heterocycles. The summed E-state index contributed by atoms with van der Waals surface area (Å²) in [4.78, 5) is 19.3. The van der Waals surface area contributed by atoms with Crippen molar-refractivity contribution in [2.75, 3.05) is 13.1 Å². The van der Waals surface area contributed by atoms with E-state index in [1.165, 1.54) is 0 Å². The summed E-state index contributed by atoms with van der Waals surface area (Å²) in [5, 5.41) is 3.40. The third kappa shape index (κ3) is 3.99. The van der Waals surface area contributed by atoms with E-state index in [9.17, 15) is 4.79 Å². The molecule has 2 aromatic heterocycles. The van der Waals surface area contributed by atoms with E-state index in [-0.39, 0.29) is 11.9 Å². The summed E-state index contributed by atoms with van der Waals surface area (Å²) < 4.78 is 5.56. The molecule has 1 amide bonds. The van der Waals surface area contributed by atoms with Gasteiger partial charge in [-0.15, -0.1) is 0 Å². The van der Waals surface area contributed by atoms with E-state index < -0.39 is 0 Å². The summed E-state index contributed by atoms with van der Waals surface area (Å²) in [7, 11) is 0. The molecule has 0 radical (unpaired) electrons. The van der Waals surface area contributed by atoms with Crippen LogP contribution in [-0.4, -0.2) is 34.9 Å². The molecule has 5 nitrogen and oxygen atoms in total. The lowest BCUT2D eigenvalue weighted by molar-refractivity contribution is 0.0608. The van der Waals surface area contributed by atoms with Gasteiger partial charge in [0.1, 0.15) is 5.76 Å². The van der Waals surface area contributed by atoms with Crippen molar-refractivity contribution in [3.8, 4) is 0 Å². The van der Waals surface area contributed by atoms with Crippen molar-refractivity contribution in [2.24, 2.45) is 0 Å². The number of hydrogen-bond donors (Lipinski definition) is 1. The second-order valence-electron chi connectivity index (χ2n) is 6.00.